The molecule has 21 heavy (non-hydrogen) atoms. The largest absolute Gasteiger partial charge is 0.504 e. The molecule has 0 aliphatic heterocycles. The van der Waals surface area contributed by atoms with Gasteiger partial charge < -0.3 is 14.9 Å². The fourth-order valence-corrected chi connectivity index (χ4v) is 1.82. The van der Waals surface area contributed by atoms with E-state index in [1.165, 1.54) is 63.3 Å². The van der Waals surface area contributed by atoms with E-state index in [1.807, 2.05) is 0 Å². The molecule has 2 N–H and O–H groups in total. The van der Waals surface area contributed by atoms with E-state index >= 15 is 0 Å². The van der Waals surface area contributed by atoms with Gasteiger partial charge in [-0.1, -0.05) is 64.7 Å². The normalized spacial score (nSPS) is 8.43. The van der Waals surface area contributed by atoms with E-state index in [0.717, 1.165) is 13.0 Å². The third kappa shape index (κ3) is 45.1. The van der Waals surface area contributed by atoms with Gasteiger partial charge in [-0.15, -0.1) is 0 Å². The summed E-state index contributed by atoms with van der Waals surface area (Å²) in [4.78, 5) is 0. The van der Waals surface area contributed by atoms with Crippen LogP contribution < -0.4 is 0 Å². The van der Waals surface area contributed by atoms with Crippen molar-refractivity contribution in [3.8, 4) is 0 Å². The smallest absolute Gasteiger partial charge is 0.146 e. The first-order valence-electron chi connectivity index (χ1n) is 7.45. The quantitative estimate of drug-likeness (QED) is 0.337. The summed E-state index contributed by atoms with van der Waals surface area (Å²) in [7, 11) is 0. The summed E-state index contributed by atoms with van der Waals surface area (Å²) in [5, 5.41) is 14.5. The molecule has 0 amide bonds. The molecule has 0 saturated heterocycles. The predicted octanol–water partition coefficient (Wildman–Crippen LogP) is 5.88. The van der Waals surface area contributed by atoms with Crippen molar-refractivity contribution in [1.82, 2.24) is 0 Å². The van der Waals surface area contributed by atoms with Crippen LogP contribution in [0.2, 0.25) is 0 Å². The minimum absolute atomic E-state index is 0.583. The summed E-state index contributed by atoms with van der Waals surface area (Å²) in [5.74, 6) is 0. The monoisotopic (exact) mass is 354 g/mol. The highest BCUT2D eigenvalue weighted by Gasteiger charge is 1.92. The molecule has 0 aliphatic rings. The van der Waals surface area contributed by atoms with E-state index in [0.29, 0.717) is 11.1 Å². The van der Waals surface area contributed by atoms with E-state index in [-0.39, 0.29) is 0 Å². The lowest BCUT2D eigenvalue weighted by molar-refractivity contribution is 0.312. The van der Waals surface area contributed by atoms with Crippen LogP contribution in [-0.2, 0) is 4.74 Å². The standard InChI is InChI=1S/C13H26OS.2CH2OS/c1-2-3-4-5-6-7-8-9-10-11-12-14-13-15;2*2-1-3/h13H,2-12H2,1H3;2*1H,(H,2,3). The van der Waals surface area contributed by atoms with Crippen molar-refractivity contribution in [2.75, 3.05) is 6.61 Å². The van der Waals surface area contributed by atoms with E-state index in [1.54, 1.807) is 0 Å². The van der Waals surface area contributed by atoms with Crippen LogP contribution in [0.25, 0.3) is 0 Å². The van der Waals surface area contributed by atoms with Crippen molar-refractivity contribution in [1.29, 1.82) is 0 Å². The van der Waals surface area contributed by atoms with Gasteiger partial charge in [0, 0.05) is 0 Å². The highest BCUT2D eigenvalue weighted by molar-refractivity contribution is 7.78. The molecule has 3 nitrogen and oxygen atoms in total. The molecule has 0 atom stereocenters. The maximum absolute atomic E-state index is 7.26. The lowest BCUT2D eigenvalue weighted by Crippen LogP contribution is -1.90. The topological polar surface area (TPSA) is 49.7 Å². The van der Waals surface area contributed by atoms with Crippen molar-refractivity contribution < 1.29 is 14.9 Å². The molecule has 126 valence electrons. The highest BCUT2D eigenvalue weighted by atomic mass is 32.1. The van der Waals surface area contributed by atoms with Gasteiger partial charge in [-0.3, -0.25) is 0 Å². The molecule has 0 aromatic heterocycles. The Balaban J connectivity index is -0.000000460. The molecule has 0 spiro atoms. The Morgan fingerprint density at radius 1 is 0.714 bits per heavy atom. The molecule has 0 heterocycles. The molecule has 0 aromatic carbocycles. The number of rotatable bonds is 12. The molecule has 6 heteroatoms. The van der Waals surface area contributed by atoms with Crippen LogP contribution in [0, 0.1) is 0 Å². The van der Waals surface area contributed by atoms with Crippen LogP contribution in [0.3, 0.4) is 0 Å². The fraction of sp³-hybridized carbons (Fsp3) is 0.800. The second kappa shape index (κ2) is 31.9. The Kier molecular flexibility index (Phi) is 38.9. The Bertz CT molecular complexity index is 197. The van der Waals surface area contributed by atoms with Gasteiger partial charge in [0.15, 0.2) is 0 Å². The van der Waals surface area contributed by atoms with E-state index in [4.69, 9.17) is 14.9 Å². The Morgan fingerprint density at radius 2 is 1.05 bits per heavy atom. The molecule has 0 aliphatic carbocycles. The first-order chi connectivity index (χ1) is 10.2. The number of aliphatic hydroxyl groups is 2. The first kappa shape index (κ1) is 25.6. The lowest BCUT2D eigenvalue weighted by Gasteiger charge is -2.02. The van der Waals surface area contributed by atoms with Gasteiger partial charge >= 0.3 is 0 Å². The van der Waals surface area contributed by atoms with Crippen LogP contribution >= 0.6 is 36.7 Å². The van der Waals surface area contributed by atoms with Crippen LogP contribution in [0.4, 0.5) is 0 Å². The van der Waals surface area contributed by atoms with Gasteiger partial charge in [0.1, 0.15) is 16.7 Å². The molecular formula is C15H30O3S3. The third-order valence-corrected chi connectivity index (χ3v) is 2.82. The minimum Gasteiger partial charge on any atom is -0.504 e. The van der Waals surface area contributed by atoms with Crippen LogP contribution in [0.1, 0.15) is 71.1 Å². The van der Waals surface area contributed by atoms with Crippen LogP contribution in [-0.4, -0.2) is 33.5 Å². The molecule has 0 bridgehead atoms. The van der Waals surface area contributed by atoms with Gasteiger partial charge in [-0.05, 0) is 43.1 Å². The van der Waals surface area contributed by atoms with E-state index < -0.39 is 0 Å². The van der Waals surface area contributed by atoms with E-state index in [2.05, 4.69) is 43.6 Å². The molecule has 0 rings (SSSR count). The maximum Gasteiger partial charge on any atom is 0.146 e. The number of hydrogen-bond donors (Lipinski definition) is 2. The van der Waals surface area contributed by atoms with Crippen LogP contribution in [0.15, 0.2) is 0 Å². The maximum atomic E-state index is 7.26. The number of unbranched alkanes of at least 4 members (excludes halogenated alkanes) is 9. The van der Waals surface area contributed by atoms with Gasteiger partial charge in [0.2, 0.25) is 0 Å². The summed E-state index contributed by atoms with van der Waals surface area (Å²) in [6.07, 6.45) is 13.7. The molecule has 0 radical (unpaired) electrons. The number of ether oxygens (including phenoxy) is 1. The van der Waals surface area contributed by atoms with Crippen molar-refractivity contribution in [2.24, 2.45) is 0 Å². The molecule has 0 fully saturated rings. The van der Waals surface area contributed by atoms with Gasteiger partial charge in [-0.25, -0.2) is 0 Å². The Labute approximate surface area is 146 Å². The average Bonchev–Trinajstić information content (AvgIpc) is 2.46. The second-order valence-electron chi connectivity index (χ2n) is 4.36. The zero-order valence-electron chi connectivity index (χ0n) is 13.0. The number of aliphatic hydroxyl groups excluding tert-OH is 2. The highest BCUT2D eigenvalue weighted by Crippen LogP contribution is 2.10. The summed E-state index contributed by atoms with van der Waals surface area (Å²) in [6.45, 7) is 3.07. The zero-order valence-corrected chi connectivity index (χ0v) is 15.5. The molecular weight excluding hydrogens is 324 g/mol. The lowest BCUT2D eigenvalue weighted by atomic mass is 10.1. The number of thiocarbonyl (C=S) groups is 3. The predicted molar refractivity (Wildman–Crippen MR) is 104 cm³/mol. The summed E-state index contributed by atoms with van der Waals surface area (Å²) >= 11 is 12.2. The Hall–Kier alpha value is -0.330. The van der Waals surface area contributed by atoms with Gasteiger partial charge in [0.05, 0.1) is 6.61 Å². The van der Waals surface area contributed by atoms with Crippen LogP contribution in [0.5, 0.6) is 0 Å². The van der Waals surface area contributed by atoms with E-state index in [9.17, 15) is 0 Å². The van der Waals surface area contributed by atoms with Crippen molar-refractivity contribution in [3.63, 3.8) is 0 Å². The summed E-state index contributed by atoms with van der Waals surface area (Å²) in [5.41, 5.74) is 2.54. The number of hydrogen-bond acceptors (Lipinski definition) is 4. The summed E-state index contributed by atoms with van der Waals surface area (Å²) in [6, 6.07) is 0. The van der Waals surface area contributed by atoms with Crippen molar-refractivity contribution >= 4 is 53.3 Å². The average molecular weight is 355 g/mol. The molecule has 0 aromatic rings. The Morgan fingerprint density at radius 3 is 1.38 bits per heavy atom. The van der Waals surface area contributed by atoms with Crippen molar-refractivity contribution in [3.05, 3.63) is 0 Å². The SMILES string of the molecule is CCCCCCCCCCCCOC=S.OC=S.OC=S. The fourth-order valence-electron chi connectivity index (χ4n) is 1.72. The van der Waals surface area contributed by atoms with Gasteiger partial charge in [-0.2, -0.15) is 0 Å². The summed E-state index contributed by atoms with van der Waals surface area (Å²) < 4.78 is 5.00. The first-order valence-corrected chi connectivity index (χ1v) is 8.87. The second-order valence-corrected chi connectivity index (χ2v) is 4.97. The minimum atomic E-state index is 0.583. The molecule has 0 unspecified atom stereocenters. The van der Waals surface area contributed by atoms with Crippen molar-refractivity contribution in [2.45, 2.75) is 71.1 Å². The zero-order chi connectivity index (χ0) is 16.6. The molecule has 0 saturated carbocycles. The third-order valence-electron chi connectivity index (χ3n) is 2.68. The van der Waals surface area contributed by atoms with Gasteiger partial charge in [0.25, 0.3) is 0 Å².